The monoisotopic (exact) mass is 271 g/mol. The van der Waals surface area contributed by atoms with Gasteiger partial charge in [-0.25, -0.2) is 0 Å². The molecule has 0 bridgehead atoms. The predicted octanol–water partition coefficient (Wildman–Crippen LogP) is 4.43. The third-order valence-corrected chi connectivity index (χ3v) is 5.25. The Bertz CT molecular complexity index is 215. The lowest BCUT2D eigenvalue weighted by atomic mass is 9.69. The number of rotatable bonds is 7. The van der Waals surface area contributed by atoms with Crippen LogP contribution in [-0.2, 0) is 0 Å². The molecule has 3 unspecified atom stereocenters. The van der Waals surface area contributed by atoms with Gasteiger partial charge in [0.25, 0.3) is 0 Å². The van der Waals surface area contributed by atoms with E-state index in [1.807, 2.05) is 11.8 Å². The van der Waals surface area contributed by atoms with E-state index >= 15 is 0 Å². The second-order valence-corrected chi connectivity index (χ2v) is 7.67. The number of thioether (sulfide) groups is 1. The first-order chi connectivity index (χ1) is 8.54. The normalized spacial score (nSPS) is 29.2. The van der Waals surface area contributed by atoms with Crippen LogP contribution in [0.25, 0.3) is 0 Å². The van der Waals surface area contributed by atoms with Gasteiger partial charge in [0, 0.05) is 6.04 Å². The maximum Gasteiger partial charge on any atom is 0.00104 e. The summed E-state index contributed by atoms with van der Waals surface area (Å²) in [6, 6.07) is 0.633. The van der Waals surface area contributed by atoms with Crippen molar-refractivity contribution in [2.45, 2.75) is 59.4 Å². The second-order valence-electron chi connectivity index (χ2n) is 6.68. The van der Waals surface area contributed by atoms with Crippen LogP contribution < -0.4 is 5.32 Å². The van der Waals surface area contributed by atoms with Gasteiger partial charge in [-0.15, -0.1) is 0 Å². The second kappa shape index (κ2) is 8.47. The Morgan fingerprint density at radius 1 is 1.11 bits per heavy atom. The first-order valence-corrected chi connectivity index (χ1v) is 9.16. The fourth-order valence-corrected chi connectivity index (χ4v) is 3.79. The quantitative estimate of drug-likeness (QED) is 0.735. The molecule has 0 aromatic heterocycles. The molecule has 1 aliphatic carbocycles. The summed E-state index contributed by atoms with van der Waals surface area (Å²) in [7, 11) is 0. The van der Waals surface area contributed by atoms with E-state index in [1.54, 1.807) is 0 Å². The fraction of sp³-hybridized carbons (Fsp3) is 1.00. The molecule has 0 spiro atoms. The number of hydrogen-bond donors (Lipinski definition) is 1. The summed E-state index contributed by atoms with van der Waals surface area (Å²) in [6.45, 7) is 10.6. The Hall–Kier alpha value is 0.310. The molecular weight excluding hydrogens is 238 g/mol. The lowest BCUT2D eigenvalue weighted by Gasteiger charge is -2.38. The Balaban J connectivity index is 2.48. The number of hydrogen-bond acceptors (Lipinski definition) is 2. The summed E-state index contributed by atoms with van der Waals surface area (Å²) in [5, 5.41) is 3.66. The molecule has 0 aliphatic heterocycles. The molecule has 3 atom stereocenters. The topological polar surface area (TPSA) is 12.0 Å². The highest BCUT2D eigenvalue weighted by atomic mass is 32.2. The molecule has 1 rings (SSSR count). The van der Waals surface area contributed by atoms with Gasteiger partial charge in [0.1, 0.15) is 0 Å². The van der Waals surface area contributed by atoms with Gasteiger partial charge in [0.2, 0.25) is 0 Å². The van der Waals surface area contributed by atoms with Gasteiger partial charge in [-0.05, 0) is 67.9 Å². The Kier molecular flexibility index (Phi) is 7.70. The standard InChI is InChI=1S/C16H33NS/c1-12(2)14-6-7-16(11-17-13(3)4)15(10-14)8-9-18-5/h12-17H,6-11H2,1-5H3. The van der Waals surface area contributed by atoms with E-state index < -0.39 is 0 Å². The molecule has 1 aliphatic rings. The minimum Gasteiger partial charge on any atom is -0.314 e. The summed E-state index contributed by atoms with van der Waals surface area (Å²) in [5.74, 6) is 5.08. The van der Waals surface area contributed by atoms with Crippen molar-refractivity contribution in [3.8, 4) is 0 Å². The number of nitrogens with one attached hydrogen (secondary N) is 1. The zero-order chi connectivity index (χ0) is 13.5. The van der Waals surface area contributed by atoms with E-state index in [0.717, 1.165) is 23.7 Å². The van der Waals surface area contributed by atoms with Gasteiger partial charge in [0.05, 0.1) is 0 Å². The first-order valence-electron chi connectivity index (χ1n) is 7.76. The molecule has 0 radical (unpaired) electrons. The Morgan fingerprint density at radius 3 is 2.39 bits per heavy atom. The Labute approximate surface area is 119 Å². The fourth-order valence-electron chi connectivity index (χ4n) is 3.25. The SMILES string of the molecule is CSCCC1CC(C(C)C)CCC1CNC(C)C. The molecule has 0 aromatic rings. The van der Waals surface area contributed by atoms with Crippen molar-refractivity contribution in [2.24, 2.45) is 23.7 Å². The zero-order valence-corrected chi connectivity index (χ0v) is 13.9. The summed E-state index contributed by atoms with van der Waals surface area (Å²) < 4.78 is 0. The molecule has 1 nitrogen and oxygen atoms in total. The van der Waals surface area contributed by atoms with Crippen LogP contribution in [0.15, 0.2) is 0 Å². The van der Waals surface area contributed by atoms with Crippen molar-refractivity contribution in [1.82, 2.24) is 5.32 Å². The summed E-state index contributed by atoms with van der Waals surface area (Å²) in [6.07, 6.45) is 8.04. The largest absolute Gasteiger partial charge is 0.314 e. The van der Waals surface area contributed by atoms with Gasteiger partial charge in [-0.2, -0.15) is 11.8 Å². The molecule has 108 valence electrons. The highest BCUT2D eigenvalue weighted by Crippen LogP contribution is 2.39. The van der Waals surface area contributed by atoms with Crippen molar-refractivity contribution in [2.75, 3.05) is 18.6 Å². The summed E-state index contributed by atoms with van der Waals surface area (Å²) in [4.78, 5) is 0. The molecular formula is C16H33NS. The van der Waals surface area contributed by atoms with E-state index in [9.17, 15) is 0 Å². The van der Waals surface area contributed by atoms with Crippen LogP contribution in [-0.4, -0.2) is 24.6 Å². The van der Waals surface area contributed by atoms with Gasteiger partial charge in [-0.3, -0.25) is 0 Å². The molecule has 0 amide bonds. The van der Waals surface area contributed by atoms with Crippen LogP contribution in [0.2, 0.25) is 0 Å². The summed E-state index contributed by atoms with van der Waals surface area (Å²) >= 11 is 2.01. The minimum atomic E-state index is 0.633. The molecule has 0 aromatic carbocycles. The summed E-state index contributed by atoms with van der Waals surface area (Å²) in [5.41, 5.74) is 0. The molecule has 0 heterocycles. The van der Waals surface area contributed by atoms with E-state index in [0.29, 0.717) is 6.04 Å². The van der Waals surface area contributed by atoms with E-state index in [4.69, 9.17) is 0 Å². The van der Waals surface area contributed by atoms with Gasteiger partial charge < -0.3 is 5.32 Å². The maximum absolute atomic E-state index is 3.66. The van der Waals surface area contributed by atoms with E-state index in [2.05, 4.69) is 39.3 Å². The van der Waals surface area contributed by atoms with Crippen molar-refractivity contribution < 1.29 is 0 Å². The zero-order valence-electron chi connectivity index (χ0n) is 13.0. The van der Waals surface area contributed by atoms with E-state index in [1.165, 1.54) is 38.0 Å². The lowest BCUT2D eigenvalue weighted by molar-refractivity contribution is 0.141. The third kappa shape index (κ3) is 5.52. The molecule has 18 heavy (non-hydrogen) atoms. The van der Waals surface area contributed by atoms with Crippen LogP contribution in [0, 0.1) is 23.7 Å². The maximum atomic E-state index is 3.66. The van der Waals surface area contributed by atoms with Crippen molar-refractivity contribution >= 4 is 11.8 Å². The van der Waals surface area contributed by atoms with Crippen LogP contribution in [0.4, 0.5) is 0 Å². The highest BCUT2D eigenvalue weighted by molar-refractivity contribution is 7.98. The van der Waals surface area contributed by atoms with Gasteiger partial charge in [0.15, 0.2) is 0 Å². The molecule has 1 saturated carbocycles. The molecule has 1 N–H and O–H groups in total. The first kappa shape index (κ1) is 16.4. The molecule has 2 heteroatoms. The van der Waals surface area contributed by atoms with Gasteiger partial charge >= 0.3 is 0 Å². The third-order valence-electron chi connectivity index (χ3n) is 4.60. The molecule has 1 fully saturated rings. The average Bonchev–Trinajstić information content (AvgIpc) is 2.33. The van der Waals surface area contributed by atoms with Crippen LogP contribution in [0.3, 0.4) is 0 Å². The van der Waals surface area contributed by atoms with Crippen LogP contribution in [0.5, 0.6) is 0 Å². The Morgan fingerprint density at radius 2 is 1.83 bits per heavy atom. The van der Waals surface area contributed by atoms with Crippen LogP contribution in [0.1, 0.15) is 53.4 Å². The molecule has 0 saturated heterocycles. The highest BCUT2D eigenvalue weighted by Gasteiger charge is 2.31. The van der Waals surface area contributed by atoms with Crippen molar-refractivity contribution in [3.05, 3.63) is 0 Å². The van der Waals surface area contributed by atoms with Crippen LogP contribution >= 0.6 is 11.8 Å². The van der Waals surface area contributed by atoms with Crippen molar-refractivity contribution in [1.29, 1.82) is 0 Å². The minimum absolute atomic E-state index is 0.633. The average molecular weight is 272 g/mol. The van der Waals surface area contributed by atoms with Gasteiger partial charge in [-0.1, -0.05) is 27.7 Å². The lowest BCUT2D eigenvalue weighted by Crippen LogP contribution is -2.37. The van der Waals surface area contributed by atoms with Crippen molar-refractivity contribution in [3.63, 3.8) is 0 Å². The smallest absolute Gasteiger partial charge is 0.00104 e. The van der Waals surface area contributed by atoms with E-state index in [-0.39, 0.29) is 0 Å². The predicted molar refractivity (Wildman–Crippen MR) is 85.3 cm³/mol.